The van der Waals surface area contributed by atoms with Crippen molar-refractivity contribution >= 4 is 11.9 Å². The number of hydrogen-bond acceptors (Lipinski definition) is 7. The molecule has 182 valence electrons. The zero-order chi connectivity index (χ0) is 24.4. The van der Waals surface area contributed by atoms with Gasteiger partial charge >= 0.3 is 0 Å². The summed E-state index contributed by atoms with van der Waals surface area (Å²) >= 11 is 0. The Hall–Kier alpha value is -3.72. The van der Waals surface area contributed by atoms with Crippen molar-refractivity contribution in [2.45, 2.75) is 13.0 Å². The summed E-state index contributed by atoms with van der Waals surface area (Å²) < 4.78 is 25.8. The minimum absolute atomic E-state index is 0.0588. The number of carbonyl (C=O) groups excluding carboxylic acids is 1. The highest BCUT2D eigenvalue weighted by molar-refractivity contribution is 5.94. The number of fused-ring (bicyclic) bond motifs is 1. The third-order valence-corrected chi connectivity index (χ3v) is 6.46. The zero-order valence-corrected chi connectivity index (χ0v) is 19.9. The second-order valence-electron chi connectivity index (χ2n) is 8.78. The van der Waals surface area contributed by atoms with Crippen molar-refractivity contribution in [2.24, 2.45) is 0 Å². The van der Waals surface area contributed by atoms with Crippen LogP contribution >= 0.6 is 0 Å². The number of anilines is 1. The van der Waals surface area contributed by atoms with E-state index in [1.165, 1.54) is 12.1 Å². The maximum absolute atomic E-state index is 14.3. The Bertz CT molecular complexity index is 1210. The molecule has 3 aromatic rings. The molecule has 0 unspecified atom stereocenters. The van der Waals surface area contributed by atoms with E-state index in [1.54, 1.807) is 24.1 Å². The van der Waals surface area contributed by atoms with Crippen molar-refractivity contribution in [2.75, 3.05) is 51.8 Å². The molecule has 8 nitrogen and oxygen atoms in total. The van der Waals surface area contributed by atoms with E-state index in [0.717, 1.165) is 43.2 Å². The molecule has 35 heavy (non-hydrogen) atoms. The van der Waals surface area contributed by atoms with Gasteiger partial charge in [-0.3, -0.25) is 4.79 Å². The molecule has 1 fully saturated rings. The monoisotopic (exact) mass is 477 g/mol. The molecule has 0 spiro atoms. The van der Waals surface area contributed by atoms with Crippen LogP contribution in [-0.2, 0) is 13.0 Å². The van der Waals surface area contributed by atoms with E-state index in [9.17, 15) is 9.18 Å². The first-order valence-electron chi connectivity index (χ1n) is 11.7. The van der Waals surface area contributed by atoms with E-state index in [4.69, 9.17) is 19.4 Å². The van der Waals surface area contributed by atoms with Crippen molar-refractivity contribution in [3.8, 4) is 17.4 Å². The predicted octanol–water partition coefficient (Wildman–Crippen LogP) is 3.37. The smallest absolute Gasteiger partial charge is 0.257 e. The van der Waals surface area contributed by atoms with E-state index < -0.39 is 5.82 Å². The number of halogens is 1. The fraction of sp³-hybridized carbons (Fsp3) is 0.346. The van der Waals surface area contributed by atoms with Gasteiger partial charge in [0.25, 0.3) is 5.91 Å². The van der Waals surface area contributed by atoms with Gasteiger partial charge < -0.3 is 24.2 Å². The Morgan fingerprint density at radius 2 is 1.66 bits per heavy atom. The van der Waals surface area contributed by atoms with Crippen LogP contribution < -0.4 is 14.4 Å². The Balaban J connectivity index is 1.47. The molecule has 0 N–H and O–H groups in total. The van der Waals surface area contributed by atoms with Crippen LogP contribution in [-0.4, -0.2) is 72.6 Å². The van der Waals surface area contributed by atoms with Crippen molar-refractivity contribution in [1.82, 2.24) is 19.8 Å². The van der Waals surface area contributed by atoms with Crippen molar-refractivity contribution in [3.05, 3.63) is 71.2 Å². The van der Waals surface area contributed by atoms with Gasteiger partial charge in [-0.2, -0.15) is 4.98 Å². The highest BCUT2D eigenvalue weighted by atomic mass is 19.1. The van der Waals surface area contributed by atoms with Crippen molar-refractivity contribution in [3.63, 3.8) is 0 Å². The lowest BCUT2D eigenvalue weighted by molar-refractivity contribution is 0.0727. The maximum atomic E-state index is 14.3. The molecule has 0 saturated carbocycles. The molecule has 1 aromatic heterocycles. The Kier molecular flexibility index (Phi) is 6.50. The Morgan fingerprint density at radius 3 is 2.37 bits per heavy atom. The molecule has 1 saturated heterocycles. The molecular formula is C26H28FN5O3. The minimum Gasteiger partial charge on any atom is -0.497 e. The summed E-state index contributed by atoms with van der Waals surface area (Å²) in [6.07, 6.45) is 0.539. The molecule has 2 aliphatic rings. The summed E-state index contributed by atoms with van der Waals surface area (Å²) in [6.45, 7) is 4.21. The van der Waals surface area contributed by atoms with E-state index in [-0.39, 0.29) is 18.0 Å². The molecule has 0 atom stereocenters. The number of ether oxygens (including phenoxy) is 2. The lowest BCUT2D eigenvalue weighted by Gasteiger charge is -2.34. The van der Waals surface area contributed by atoms with Crippen LogP contribution in [0.4, 0.5) is 10.3 Å². The van der Waals surface area contributed by atoms with Gasteiger partial charge in [0.1, 0.15) is 17.3 Å². The van der Waals surface area contributed by atoms with Gasteiger partial charge in [0.05, 0.1) is 30.5 Å². The second kappa shape index (κ2) is 9.87. The minimum atomic E-state index is -0.528. The van der Waals surface area contributed by atoms with Crippen LogP contribution in [0.2, 0.25) is 0 Å². The normalized spacial score (nSPS) is 16.1. The van der Waals surface area contributed by atoms with Gasteiger partial charge in [0, 0.05) is 39.1 Å². The molecule has 0 bridgehead atoms. The topological polar surface area (TPSA) is 71.0 Å². The van der Waals surface area contributed by atoms with E-state index in [0.29, 0.717) is 30.5 Å². The van der Waals surface area contributed by atoms with E-state index in [2.05, 4.69) is 16.8 Å². The molecule has 1 amide bonds. The first kappa shape index (κ1) is 23.0. The number of methoxy groups -OCH3 is 1. The SMILES string of the molecule is COc1ccc(Oc2nc(N3CCN(C)CC3)nc3c2CN(C(=O)c2ccccc2F)CC3)cc1. The second-order valence-corrected chi connectivity index (χ2v) is 8.78. The summed E-state index contributed by atoms with van der Waals surface area (Å²) in [4.78, 5) is 28.8. The highest BCUT2D eigenvalue weighted by Gasteiger charge is 2.29. The number of piperazine rings is 1. The fourth-order valence-electron chi connectivity index (χ4n) is 4.34. The van der Waals surface area contributed by atoms with Gasteiger partial charge in [-0.1, -0.05) is 12.1 Å². The summed E-state index contributed by atoms with van der Waals surface area (Å²) in [7, 11) is 3.71. The van der Waals surface area contributed by atoms with Gasteiger partial charge in [0.2, 0.25) is 11.8 Å². The van der Waals surface area contributed by atoms with Crippen LogP contribution in [0, 0.1) is 5.82 Å². The number of hydrogen-bond donors (Lipinski definition) is 0. The number of amides is 1. The molecule has 9 heteroatoms. The lowest BCUT2D eigenvalue weighted by atomic mass is 10.0. The third kappa shape index (κ3) is 4.90. The number of nitrogens with zero attached hydrogens (tertiary/aromatic N) is 5. The van der Waals surface area contributed by atoms with Crippen molar-refractivity contribution in [1.29, 1.82) is 0 Å². The van der Waals surface area contributed by atoms with Gasteiger partial charge in [-0.15, -0.1) is 0 Å². The summed E-state index contributed by atoms with van der Waals surface area (Å²) in [5, 5.41) is 0. The molecule has 2 aromatic carbocycles. The molecule has 5 rings (SSSR count). The first-order chi connectivity index (χ1) is 17.0. The first-order valence-corrected chi connectivity index (χ1v) is 11.7. The standard InChI is InChI=1S/C26H28FN5O3/c1-30-13-15-31(16-14-30)26-28-23-11-12-32(25(33)20-5-3-4-6-22(20)27)17-21(23)24(29-26)35-19-9-7-18(34-2)8-10-19/h3-10H,11-17H2,1-2H3. The average Bonchev–Trinajstić information content (AvgIpc) is 2.89. The summed E-state index contributed by atoms with van der Waals surface area (Å²) in [5.74, 6) is 1.50. The van der Waals surface area contributed by atoms with Gasteiger partial charge in [-0.25, -0.2) is 9.37 Å². The Morgan fingerprint density at radius 1 is 0.943 bits per heavy atom. The largest absolute Gasteiger partial charge is 0.497 e. The van der Waals surface area contributed by atoms with Crippen LogP contribution in [0.3, 0.4) is 0 Å². The zero-order valence-electron chi connectivity index (χ0n) is 19.9. The molecule has 0 aliphatic carbocycles. The number of likely N-dealkylation sites (N-methyl/N-ethyl adjacent to an activating group) is 1. The van der Waals surface area contributed by atoms with Crippen LogP contribution in [0.1, 0.15) is 21.6 Å². The lowest BCUT2D eigenvalue weighted by Crippen LogP contribution is -2.45. The van der Waals surface area contributed by atoms with Crippen LogP contribution in [0.25, 0.3) is 0 Å². The predicted molar refractivity (Wildman–Crippen MR) is 130 cm³/mol. The van der Waals surface area contributed by atoms with E-state index in [1.807, 2.05) is 24.3 Å². The van der Waals surface area contributed by atoms with Gasteiger partial charge in [-0.05, 0) is 43.4 Å². The number of benzene rings is 2. The number of aromatic nitrogens is 2. The fourth-order valence-corrected chi connectivity index (χ4v) is 4.34. The summed E-state index contributed by atoms with van der Waals surface area (Å²) in [6, 6.07) is 13.3. The summed E-state index contributed by atoms with van der Waals surface area (Å²) in [5.41, 5.74) is 1.66. The number of carbonyl (C=O) groups is 1. The van der Waals surface area contributed by atoms with E-state index >= 15 is 0 Å². The molecular weight excluding hydrogens is 449 g/mol. The quantitative estimate of drug-likeness (QED) is 0.558. The van der Waals surface area contributed by atoms with Crippen LogP contribution in [0.5, 0.6) is 17.4 Å². The molecule has 3 heterocycles. The Labute approximate surface area is 203 Å². The highest BCUT2D eigenvalue weighted by Crippen LogP contribution is 2.33. The molecule has 2 aliphatic heterocycles. The van der Waals surface area contributed by atoms with Crippen LogP contribution in [0.15, 0.2) is 48.5 Å². The molecule has 0 radical (unpaired) electrons. The number of rotatable bonds is 5. The average molecular weight is 478 g/mol. The maximum Gasteiger partial charge on any atom is 0.257 e. The van der Waals surface area contributed by atoms with Crippen molar-refractivity contribution < 1.29 is 18.7 Å². The van der Waals surface area contributed by atoms with Gasteiger partial charge in [0.15, 0.2) is 0 Å². The third-order valence-electron chi connectivity index (χ3n) is 6.46.